The number of hydrogen-bond donors (Lipinski definition) is 0. The van der Waals surface area contributed by atoms with Crippen LogP contribution in [0.15, 0.2) is 11.6 Å². The van der Waals surface area contributed by atoms with Gasteiger partial charge in [0.2, 0.25) is 0 Å². The monoisotopic (exact) mass is 224 g/mol. The summed E-state index contributed by atoms with van der Waals surface area (Å²) in [5, 5.41) is 0. The molecule has 0 fully saturated rings. The summed E-state index contributed by atoms with van der Waals surface area (Å²) in [4.78, 5) is 0. The van der Waals surface area contributed by atoms with Crippen LogP contribution in [0.2, 0.25) is 0 Å². The molecule has 0 amide bonds. The van der Waals surface area contributed by atoms with E-state index in [2.05, 4.69) is 61.5 Å². The molecule has 0 aromatic carbocycles. The van der Waals surface area contributed by atoms with Crippen LogP contribution in [0.25, 0.3) is 0 Å². The van der Waals surface area contributed by atoms with Crippen LogP contribution < -0.4 is 0 Å². The minimum absolute atomic E-state index is 0.381. The van der Waals surface area contributed by atoms with Gasteiger partial charge in [-0.05, 0) is 37.0 Å². The Morgan fingerprint density at radius 3 is 2.00 bits per heavy atom. The molecule has 1 atom stereocenters. The first-order chi connectivity index (χ1) is 7.11. The summed E-state index contributed by atoms with van der Waals surface area (Å²) in [6, 6.07) is 0. The number of hydrogen-bond acceptors (Lipinski definition) is 0. The summed E-state index contributed by atoms with van der Waals surface area (Å²) in [6.45, 7) is 18.6. The average Bonchev–Trinajstić information content (AvgIpc) is 2.14. The summed E-state index contributed by atoms with van der Waals surface area (Å²) in [5.41, 5.74) is 2.36. The van der Waals surface area contributed by atoms with E-state index in [4.69, 9.17) is 0 Å². The van der Waals surface area contributed by atoms with Crippen LogP contribution >= 0.6 is 0 Å². The van der Waals surface area contributed by atoms with Crippen LogP contribution in [0.4, 0.5) is 0 Å². The summed E-state index contributed by atoms with van der Waals surface area (Å²) in [7, 11) is 0. The Labute approximate surface area is 104 Å². The van der Waals surface area contributed by atoms with E-state index in [0.717, 1.165) is 5.92 Å². The first-order valence-electron chi connectivity index (χ1n) is 6.74. The number of rotatable bonds is 5. The van der Waals surface area contributed by atoms with Crippen molar-refractivity contribution in [3.05, 3.63) is 11.6 Å². The van der Waals surface area contributed by atoms with Gasteiger partial charge < -0.3 is 0 Å². The fraction of sp³-hybridized carbons (Fsp3) is 0.875. The lowest BCUT2D eigenvalue weighted by atomic mass is 9.75. The molecule has 0 heteroatoms. The molecule has 0 bridgehead atoms. The molecule has 1 unspecified atom stereocenters. The van der Waals surface area contributed by atoms with E-state index in [0.29, 0.717) is 10.8 Å². The third-order valence-electron chi connectivity index (χ3n) is 4.42. The van der Waals surface area contributed by atoms with Crippen molar-refractivity contribution in [1.29, 1.82) is 0 Å². The van der Waals surface area contributed by atoms with Crippen molar-refractivity contribution < 1.29 is 0 Å². The molecular weight excluding hydrogens is 192 g/mol. The fourth-order valence-corrected chi connectivity index (χ4v) is 1.87. The van der Waals surface area contributed by atoms with E-state index < -0.39 is 0 Å². The standard InChI is InChI=1S/C16H32/c1-9-13(2)16(7,8)12-10-11-14(3)15(4,5)6/h9,14H,10-12H2,1-8H3. The largest absolute Gasteiger partial charge is 0.0882 e. The zero-order valence-electron chi connectivity index (χ0n) is 12.8. The van der Waals surface area contributed by atoms with E-state index in [9.17, 15) is 0 Å². The summed E-state index contributed by atoms with van der Waals surface area (Å²) >= 11 is 0. The maximum atomic E-state index is 2.38. The van der Waals surface area contributed by atoms with Crippen molar-refractivity contribution in [2.45, 2.75) is 74.7 Å². The van der Waals surface area contributed by atoms with Gasteiger partial charge in [0, 0.05) is 0 Å². The lowest BCUT2D eigenvalue weighted by Crippen LogP contribution is -2.19. The van der Waals surface area contributed by atoms with Crippen molar-refractivity contribution in [1.82, 2.24) is 0 Å². The van der Waals surface area contributed by atoms with Gasteiger partial charge in [-0.3, -0.25) is 0 Å². The van der Waals surface area contributed by atoms with E-state index in [1.807, 2.05) is 0 Å². The molecule has 0 aliphatic rings. The predicted octanol–water partition coefficient (Wildman–Crippen LogP) is 5.83. The normalized spacial score (nSPS) is 16.4. The van der Waals surface area contributed by atoms with Crippen LogP contribution in [0.5, 0.6) is 0 Å². The molecule has 0 saturated carbocycles. The molecule has 0 aromatic rings. The zero-order valence-corrected chi connectivity index (χ0v) is 12.8. The van der Waals surface area contributed by atoms with Gasteiger partial charge in [-0.15, -0.1) is 0 Å². The van der Waals surface area contributed by atoms with Gasteiger partial charge in [0.25, 0.3) is 0 Å². The maximum Gasteiger partial charge on any atom is -0.0148 e. The minimum atomic E-state index is 0.381. The first-order valence-corrected chi connectivity index (χ1v) is 6.74. The highest BCUT2D eigenvalue weighted by atomic mass is 14.3. The minimum Gasteiger partial charge on any atom is -0.0882 e. The van der Waals surface area contributed by atoms with Crippen LogP contribution in [-0.4, -0.2) is 0 Å². The highest BCUT2D eigenvalue weighted by Gasteiger charge is 2.22. The van der Waals surface area contributed by atoms with E-state index >= 15 is 0 Å². The molecule has 0 N–H and O–H groups in total. The SMILES string of the molecule is CC=C(C)C(C)(C)CCCC(C)C(C)(C)C. The number of allylic oxidation sites excluding steroid dienone is 2. The molecule has 0 rings (SSSR count). The van der Waals surface area contributed by atoms with Gasteiger partial charge in [0.1, 0.15) is 0 Å². The Morgan fingerprint density at radius 2 is 1.62 bits per heavy atom. The molecule has 16 heavy (non-hydrogen) atoms. The Balaban J connectivity index is 4.09. The van der Waals surface area contributed by atoms with Crippen molar-refractivity contribution in [2.75, 3.05) is 0 Å². The Kier molecular flexibility index (Phi) is 5.79. The van der Waals surface area contributed by atoms with E-state index in [-0.39, 0.29) is 0 Å². The van der Waals surface area contributed by atoms with Crippen LogP contribution in [-0.2, 0) is 0 Å². The second kappa shape index (κ2) is 5.89. The summed E-state index contributed by atoms with van der Waals surface area (Å²) < 4.78 is 0. The third kappa shape index (κ3) is 5.18. The molecule has 0 aromatic heterocycles. The van der Waals surface area contributed by atoms with E-state index in [1.54, 1.807) is 0 Å². The Bertz CT molecular complexity index is 225. The molecule has 0 nitrogen and oxygen atoms in total. The molecule has 0 aliphatic carbocycles. The van der Waals surface area contributed by atoms with Crippen molar-refractivity contribution >= 4 is 0 Å². The van der Waals surface area contributed by atoms with Crippen LogP contribution in [0.3, 0.4) is 0 Å². The second-order valence-electron chi connectivity index (χ2n) is 7.01. The summed E-state index contributed by atoms with van der Waals surface area (Å²) in [6.07, 6.45) is 6.26. The average molecular weight is 224 g/mol. The van der Waals surface area contributed by atoms with Gasteiger partial charge in [0.15, 0.2) is 0 Å². The molecule has 96 valence electrons. The van der Waals surface area contributed by atoms with Crippen molar-refractivity contribution in [3.8, 4) is 0 Å². The lowest BCUT2D eigenvalue weighted by Gasteiger charge is -2.30. The topological polar surface area (TPSA) is 0 Å². The van der Waals surface area contributed by atoms with Crippen molar-refractivity contribution in [3.63, 3.8) is 0 Å². The zero-order chi connectivity index (χ0) is 13.0. The fourth-order valence-electron chi connectivity index (χ4n) is 1.87. The molecule has 0 spiro atoms. The predicted molar refractivity (Wildman–Crippen MR) is 75.7 cm³/mol. The molecular formula is C16H32. The third-order valence-corrected chi connectivity index (χ3v) is 4.42. The van der Waals surface area contributed by atoms with Crippen molar-refractivity contribution in [2.24, 2.45) is 16.7 Å². The Morgan fingerprint density at radius 1 is 1.12 bits per heavy atom. The lowest BCUT2D eigenvalue weighted by molar-refractivity contribution is 0.231. The van der Waals surface area contributed by atoms with Gasteiger partial charge in [-0.1, -0.05) is 66.0 Å². The van der Waals surface area contributed by atoms with E-state index in [1.165, 1.54) is 24.8 Å². The quantitative estimate of drug-likeness (QED) is 0.515. The second-order valence-corrected chi connectivity index (χ2v) is 7.01. The van der Waals surface area contributed by atoms with Crippen LogP contribution in [0, 0.1) is 16.7 Å². The highest BCUT2D eigenvalue weighted by Crippen LogP contribution is 2.35. The smallest absolute Gasteiger partial charge is 0.0148 e. The maximum absolute atomic E-state index is 2.38. The molecule has 0 aliphatic heterocycles. The highest BCUT2D eigenvalue weighted by molar-refractivity contribution is 5.07. The van der Waals surface area contributed by atoms with Gasteiger partial charge in [-0.2, -0.15) is 0 Å². The van der Waals surface area contributed by atoms with Crippen LogP contribution in [0.1, 0.15) is 74.7 Å². The van der Waals surface area contributed by atoms with Gasteiger partial charge in [0.05, 0.1) is 0 Å². The molecule has 0 radical (unpaired) electrons. The van der Waals surface area contributed by atoms with Gasteiger partial charge >= 0.3 is 0 Å². The molecule has 0 heterocycles. The Hall–Kier alpha value is -0.260. The van der Waals surface area contributed by atoms with Gasteiger partial charge in [-0.25, -0.2) is 0 Å². The first kappa shape index (κ1) is 15.7. The summed E-state index contributed by atoms with van der Waals surface area (Å²) in [5.74, 6) is 0.814. The molecule has 0 saturated heterocycles.